The zero-order valence-corrected chi connectivity index (χ0v) is 11.7. The number of rotatable bonds is 4. The molecule has 0 aliphatic carbocycles. The van der Waals surface area contributed by atoms with Crippen LogP contribution >= 0.6 is 27.3 Å². The first-order chi connectivity index (χ1) is 8.61. The molecule has 1 atom stereocenters. The Morgan fingerprint density at radius 3 is 2.50 bits per heavy atom. The summed E-state index contributed by atoms with van der Waals surface area (Å²) in [6, 6.07) is 5.41. The summed E-state index contributed by atoms with van der Waals surface area (Å²) < 4.78 is 28.0. The average Bonchev–Trinajstić information content (AvgIpc) is 2.76. The monoisotopic (exact) mass is 332 g/mol. The molecule has 0 radical (unpaired) electrons. The predicted molar refractivity (Wildman–Crippen MR) is 72.1 cm³/mol. The maximum Gasteiger partial charge on any atom is 0.129 e. The van der Waals surface area contributed by atoms with Crippen molar-refractivity contribution in [1.82, 2.24) is 5.43 Å². The van der Waals surface area contributed by atoms with Crippen LogP contribution in [0.15, 0.2) is 34.1 Å². The third kappa shape index (κ3) is 2.95. The molecule has 0 aliphatic rings. The van der Waals surface area contributed by atoms with Crippen molar-refractivity contribution in [3.63, 3.8) is 0 Å². The van der Waals surface area contributed by atoms with Crippen LogP contribution in [0.5, 0.6) is 0 Å². The van der Waals surface area contributed by atoms with E-state index in [0.717, 1.165) is 9.35 Å². The van der Waals surface area contributed by atoms with Crippen LogP contribution in [0.1, 0.15) is 16.5 Å². The summed E-state index contributed by atoms with van der Waals surface area (Å²) in [7, 11) is 0. The SMILES string of the molecule is NNC(Cc1c(F)cccc1F)c1cc(Br)cs1. The lowest BCUT2D eigenvalue weighted by molar-refractivity contribution is 0.504. The van der Waals surface area contributed by atoms with Crippen molar-refractivity contribution in [3.8, 4) is 0 Å². The quantitative estimate of drug-likeness (QED) is 0.663. The maximum atomic E-state index is 13.6. The molecule has 3 N–H and O–H groups in total. The molecule has 1 aromatic heterocycles. The lowest BCUT2D eigenvalue weighted by atomic mass is 10.0. The van der Waals surface area contributed by atoms with Gasteiger partial charge in [0.1, 0.15) is 11.6 Å². The van der Waals surface area contributed by atoms with Gasteiger partial charge in [0.2, 0.25) is 0 Å². The molecule has 0 fully saturated rings. The Bertz CT molecular complexity index is 524. The van der Waals surface area contributed by atoms with Gasteiger partial charge in [-0.25, -0.2) is 8.78 Å². The number of benzene rings is 1. The zero-order chi connectivity index (χ0) is 13.1. The molecule has 2 aromatic rings. The molecule has 96 valence electrons. The van der Waals surface area contributed by atoms with E-state index >= 15 is 0 Å². The van der Waals surface area contributed by atoms with Gasteiger partial charge < -0.3 is 0 Å². The van der Waals surface area contributed by atoms with Crippen molar-refractivity contribution in [2.75, 3.05) is 0 Å². The molecule has 0 spiro atoms. The Morgan fingerprint density at radius 2 is 2.00 bits per heavy atom. The van der Waals surface area contributed by atoms with Gasteiger partial charge in [0.25, 0.3) is 0 Å². The molecule has 18 heavy (non-hydrogen) atoms. The zero-order valence-electron chi connectivity index (χ0n) is 9.29. The molecular formula is C12H11BrF2N2S. The van der Waals surface area contributed by atoms with E-state index in [1.54, 1.807) is 0 Å². The largest absolute Gasteiger partial charge is 0.271 e. The Kier molecular flexibility index (Phi) is 4.45. The molecule has 0 saturated carbocycles. The predicted octanol–water partition coefficient (Wildman–Crippen LogP) is 3.54. The second-order valence-electron chi connectivity index (χ2n) is 3.79. The Morgan fingerprint density at radius 1 is 1.33 bits per heavy atom. The first-order valence-electron chi connectivity index (χ1n) is 5.24. The molecule has 0 aliphatic heterocycles. The van der Waals surface area contributed by atoms with E-state index in [2.05, 4.69) is 21.4 Å². The van der Waals surface area contributed by atoms with Crippen LogP contribution in [-0.2, 0) is 6.42 Å². The van der Waals surface area contributed by atoms with Crippen molar-refractivity contribution in [2.45, 2.75) is 12.5 Å². The molecular weight excluding hydrogens is 322 g/mol. The lowest BCUT2D eigenvalue weighted by Gasteiger charge is -2.15. The number of nitrogens with two attached hydrogens (primary N) is 1. The molecule has 1 heterocycles. The van der Waals surface area contributed by atoms with E-state index in [0.29, 0.717) is 0 Å². The summed E-state index contributed by atoms with van der Waals surface area (Å²) in [5.74, 6) is 4.36. The molecule has 2 nitrogen and oxygen atoms in total. The highest BCUT2D eigenvalue weighted by atomic mass is 79.9. The van der Waals surface area contributed by atoms with Gasteiger partial charge >= 0.3 is 0 Å². The van der Waals surface area contributed by atoms with Crippen LogP contribution in [-0.4, -0.2) is 0 Å². The van der Waals surface area contributed by atoms with Gasteiger partial charge in [-0.2, -0.15) is 0 Å². The van der Waals surface area contributed by atoms with Gasteiger partial charge in [-0.1, -0.05) is 6.07 Å². The summed E-state index contributed by atoms with van der Waals surface area (Å²) >= 11 is 4.82. The lowest BCUT2D eigenvalue weighted by Crippen LogP contribution is -2.29. The number of nitrogens with one attached hydrogen (secondary N) is 1. The fraction of sp³-hybridized carbons (Fsp3) is 0.167. The van der Waals surface area contributed by atoms with E-state index in [9.17, 15) is 8.78 Å². The molecule has 2 rings (SSSR count). The maximum absolute atomic E-state index is 13.6. The molecule has 1 aromatic carbocycles. The van der Waals surface area contributed by atoms with Gasteiger partial charge in [-0.15, -0.1) is 11.3 Å². The molecule has 6 heteroatoms. The minimum Gasteiger partial charge on any atom is -0.271 e. The van der Waals surface area contributed by atoms with Gasteiger partial charge in [0, 0.05) is 20.3 Å². The first-order valence-corrected chi connectivity index (χ1v) is 6.92. The molecule has 0 saturated heterocycles. The first kappa shape index (κ1) is 13.6. The molecule has 1 unspecified atom stereocenters. The number of halogens is 3. The van der Waals surface area contributed by atoms with Crippen molar-refractivity contribution < 1.29 is 8.78 Å². The van der Waals surface area contributed by atoms with Crippen molar-refractivity contribution in [2.24, 2.45) is 5.84 Å². The molecule has 0 bridgehead atoms. The third-order valence-electron chi connectivity index (χ3n) is 2.60. The fourth-order valence-electron chi connectivity index (χ4n) is 1.68. The summed E-state index contributed by atoms with van der Waals surface area (Å²) in [5.41, 5.74) is 2.64. The van der Waals surface area contributed by atoms with Gasteiger partial charge in [-0.3, -0.25) is 11.3 Å². The number of thiophene rings is 1. The normalized spacial score (nSPS) is 12.7. The Balaban J connectivity index is 2.26. The fourth-order valence-corrected chi connectivity index (χ4v) is 3.19. The molecule has 0 amide bonds. The van der Waals surface area contributed by atoms with Crippen molar-refractivity contribution in [3.05, 3.63) is 56.2 Å². The van der Waals surface area contributed by atoms with E-state index in [4.69, 9.17) is 5.84 Å². The topological polar surface area (TPSA) is 38.0 Å². The van der Waals surface area contributed by atoms with Gasteiger partial charge in [0.05, 0.1) is 6.04 Å². The van der Waals surface area contributed by atoms with E-state index in [-0.39, 0.29) is 18.0 Å². The highest BCUT2D eigenvalue weighted by molar-refractivity contribution is 9.10. The number of hydrogen-bond acceptors (Lipinski definition) is 3. The second-order valence-corrected chi connectivity index (χ2v) is 5.65. The van der Waals surface area contributed by atoms with Crippen LogP contribution < -0.4 is 11.3 Å². The van der Waals surface area contributed by atoms with E-state index in [1.165, 1.54) is 29.5 Å². The summed E-state index contributed by atoms with van der Waals surface area (Å²) in [6.45, 7) is 0. The third-order valence-corrected chi connectivity index (χ3v) is 4.41. The summed E-state index contributed by atoms with van der Waals surface area (Å²) in [5, 5.41) is 1.90. The average molecular weight is 333 g/mol. The van der Waals surface area contributed by atoms with Crippen LogP contribution in [0.4, 0.5) is 8.78 Å². The van der Waals surface area contributed by atoms with E-state index in [1.807, 2.05) is 11.4 Å². The number of hydrazine groups is 1. The highest BCUT2D eigenvalue weighted by Crippen LogP contribution is 2.28. The smallest absolute Gasteiger partial charge is 0.129 e. The van der Waals surface area contributed by atoms with Crippen LogP contribution in [0, 0.1) is 11.6 Å². The Labute approximate surface area is 116 Å². The minimum atomic E-state index is -0.550. The van der Waals surface area contributed by atoms with Crippen molar-refractivity contribution in [1.29, 1.82) is 0 Å². The van der Waals surface area contributed by atoms with Crippen LogP contribution in [0.25, 0.3) is 0 Å². The van der Waals surface area contributed by atoms with Crippen LogP contribution in [0.2, 0.25) is 0 Å². The standard InChI is InChI=1S/C12H11BrF2N2S/c13-7-4-12(18-6-7)11(17-16)5-8-9(14)2-1-3-10(8)15/h1-4,6,11,17H,5,16H2. The second kappa shape index (κ2) is 5.88. The Hall–Kier alpha value is -0.820. The van der Waals surface area contributed by atoms with Gasteiger partial charge in [0.15, 0.2) is 0 Å². The van der Waals surface area contributed by atoms with Gasteiger partial charge in [-0.05, 0) is 40.5 Å². The highest BCUT2D eigenvalue weighted by Gasteiger charge is 2.17. The summed E-state index contributed by atoms with van der Waals surface area (Å²) in [4.78, 5) is 0.923. The van der Waals surface area contributed by atoms with Crippen LogP contribution in [0.3, 0.4) is 0 Å². The minimum absolute atomic E-state index is 0.0463. The number of hydrogen-bond donors (Lipinski definition) is 2. The van der Waals surface area contributed by atoms with Crippen molar-refractivity contribution >= 4 is 27.3 Å². The van der Waals surface area contributed by atoms with E-state index < -0.39 is 11.6 Å². The summed E-state index contributed by atoms with van der Waals surface area (Å²) in [6.07, 6.45) is 0.169.